The summed E-state index contributed by atoms with van der Waals surface area (Å²) in [4.78, 5) is 61.9. The SMILES string of the molecule is COC(=O)[C@]1(C)N[C@H](CN(C)C(=O)c2ccc(C)cc2)[C@@H]2C(=O)N(C)C(=O)[C@@H]21.O=C(O)C(F)(F)F. The zero-order valence-electron chi connectivity index (χ0n) is 19.7. The number of carbonyl (C=O) groups is 5. The Bertz CT molecular complexity index is 1030. The lowest BCUT2D eigenvalue weighted by atomic mass is 9.81. The van der Waals surface area contributed by atoms with Gasteiger partial charge in [0, 0.05) is 32.2 Å². The zero-order chi connectivity index (χ0) is 26.9. The minimum absolute atomic E-state index is 0.174. The average Bonchev–Trinajstić information content (AvgIpc) is 3.21. The molecule has 2 heterocycles. The Hall–Kier alpha value is -3.48. The topological polar surface area (TPSA) is 133 Å². The van der Waals surface area contributed by atoms with Crippen LogP contribution in [-0.4, -0.2) is 90.1 Å². The van der Waals surface area contributed by atoms with E-state index in [4.69, 9.17) is 14.6 Å². The Morgan fingerprint density at radius 1 is 1.17 bits per heavy atom. The summed E-state index contributed by atoms with van der Waals surface area (Å²) >= 11 is 0. The summed E-state index contributed by atoms with van der Waals surface area (Å²) in [5.41, 5.74) is 0.255. The van der Waals surface area contributed by atoms with Crippen molar-refractivity contribution in [1.82, 2.24) is 15.1 Å². The maximum absolute atomic E-state index is 12.7. The molecule has 0 aromatic heterocycles. The van der Waals surface area contributed by atoms with Crippen LogP contribution in [0.2, 0.25) is 0 Å². The third-order valence-electron chi connectivity index (χ3n) is 6.08. The number of benzene rings is 1. The maximum atomic E-state index is 12.7. The molecule has 2 N–H and O–H groups in total. The fourth-order valence-corrected chi connectivity index (χ4v) is 4.26. The number of halogens is 3. The van der Waals surface area contributed by atoms with Crippen molar-refractivity contribution < 1.29 is 47.0 Å². The van der Waals surface area contributed by atoms with Crippen LogP contribution >= 0.6 is 0 Å². The first-order chi connectivity index (χ1) is 16.1. The zero-order valence-corrected chi connectivity index (χ0v) is 19.7. The summed E-state index contributed by atoms with van der Waals surface area (Å²) in [6, 6.07) is 6.65. The molecule has 1 aromatic rings. The molecule has 0 bridgehead atoms. The molecule has 0 unspecified atom stereocenters. The van der Waals surface area contributed by atoms with E-state index in [1.807, 2.05) is 19.1 Å². The van der Waals surface area contributed by atoms with Gasteiger partial charge in [-0.1, -0.05) is 17.7 Å². The number of nitrogens with zero attached hydrogens (tertiary/aromatic N) is 2. The summed E-state index contributed by atoms with van der Waals surface area (Å²) < 4.78 is 36.6. The van der Waals surface area contributed by atoms with Gasteiger partial charge in [0.2, 0.25) is 11.8 Å². The summed E-state index contributed by atoms with van der Waals surface area (Å²) in [7, 11) is 4.30. The molecule has 2 fully saturated rings. The van der Waals surface area contributed by atoms with E-state index in [9.17, 15) is 32.3 Å². The van der Waals surface area contributed by atoms with Crippen LogP contribution in [0, 0.1) is 18.8 Å². The van der Waals surface area contributed by atoms with Gasteiger partial charge in [-0.05, 0) is 26.0 Å². The first-order valence-electron chi connectivity index (χ1n) is 10.4. The smallest absolute Gasteiger partial charge is 0.475 e. The number of likely N-dealkylation sites (N-methyl/N-ethyl adjacent to an activating group) is 1. The molecule has 2 aliphatic rings. The standard InChI is InChI=1S/C20H25N3O5.C2HF3O2/c1-11-6-8-12(9-7-11)16(24)22(3)10-13-14-15(18(26)23(4)17(14)25)20(2,21-13)19(27)28-5;3-2(4,5)1(6)7/h6-9,13-15,21H,10H2,1-5H3;(H,6,7)/t13-,14+,15-,20-;/m1./s1. The number of aryl methyl sites for hydroxylation is 1. The van der Waals surface area contributed by atoms with Crippen LogP contribution in [-0.2, 0) is 23.9 Å². The number of esters is 1. The van der Waals surface area contributed by atoms with Crippen LogP contribution in [0.4, 0.5) is 13.2 Å². The number of likely N-dealkylation sites (tertiary alicyclic amines) is 1. The van der Waals surface area contributed by atoms with E-state index in [1.165, 1.54) is 19.1 Å². The van der Waals surface area contributed by atoms with Gasteiger partial charge in [-0.25, -0.2) is 4.79 Å². The third kappa shape index (κ3) is 5.45. The Labute approximate surface area is 199 Å². The highest BCUT2D eigenvalue weighted by molar-refractivity contribution is 6.09. The van der Waals surface area contributed by atoms with E-state index in [1.54, 1.807) is 26.1 Å². The Balaban J connectivity index is 0.000000540. The monoisotopic (exact) mass is 501 g/mol. The number of nitrogens with one attached hydrogen (secondary N) is 1. The van der Waals surface area contributed by atoms with E-state index in [-0.39, 0.29) is 18.4 Å². The highest BCUT2D eigenvalue weighted by atomic mass is 19.4. The van der Waals surface area contributed by atoms with Crippen molar-refractivity contribution in [1.29, 1.82) is 0 Å². The van der Waals surface area contributed by atoms with Gasteiger partial charge in [-0.15, -0.1) is 0 Å². The second kappa shape index (κ2) is 10.0. The van der Waals surface area contributed by atoms with E-state index < -0.39 is 47.4 Å². The molecule has 2 aliphatic heterocycles. The van der Waals surface area contributed by atoms with Gasteiger partial charge in [0.25, 0.3) is 5.91 Å². The second-order valence-corrected chi connectivity index (χ2v) is 8.54. The summed E-state index contributed by atoms with van der Waals surface area (Å²) in [5, 5.41) is 10.2. The third-order valence-corrected chi connectivity index (χ3v) is 6.08. The van der Waals surface area contributed by atoms with Gasteiger partial charge in [0.1, 0.15) is 5.54 Å². The molecule has 13 heteroatoms. The molecule has 35 heavy (non-hydrogen) atoms. The number of ether oxygens (including phenoxy) is 1. The lowest BCUT2D eigenvalue weighted by molar-refractivity contribution is -0.192. The number of carboxylic acids is 1. The van der Waals surface area contributed by atoms with Crippen LogP contribution < -0.4 is 5.32 Å². The number of amides is 3. The number of alkyl halides is 3. The van der Waals surface area contributed by atoms with Gasteiger partial charge in [0.15, 0.2) is 0 Å². The normalized spacial score (nSPS) is 25.5. The molecule has 192 valence electrons. The van der Waals surface area contributed by atoms with Crippen LogP contribution in [0.3, 0.4) is 0 Å². The molecule has 1 aromatic carbocycles. The van der Waals surface area contributed by atoms with Crippen molar-refractivity contribution >= 4 is 29.7 Å². The molecule has 3 rings (SSSR count). The number of carboxylic acid groups (broad SMARTS) is 1. The van der Waals surface area contributed by atoms with Crippen LogP contribution in [0.5, 0.6) is 0 Å². The first kappa shape index (κ1) is 27.8. The van der Waals surface area contributed by atoms with Crippen molar-refractivity contribution in [3.8, 4) is 0 Å². The van der Waals surface area contributed by atoms with E-state index >= 15 is 0 Å². The van der Waals surface area contributed by atoms with Gasteiger partial charge in [-0.3, -0.25) is 29.4 Å². The Morgan fingerprint density at radius 3 is 2.14 bits per heavy atom. The number of methoxy groups -OCH3 is 1. The molecule has 0 spiro atoms. The van der Waals surface area contributed by atoms with E-state index in [0.717, 1.165) is 10.5 Å². The van der Waals surface area contributed by atoms with Crippen molar-refractivity contribution in [2.45, 2.75) is 31.6 Å². The molecule has 0 saturated carbocycles. The predicted molar refractivity (Wildman–Crippen MR) is 114 cm³/mol. The lowest BCUT2D eigenvalue weighted by Gasteiger charge is -2.29. The summed E-state index contributed by atoms with van der Waals surface area (Å²) in [6.07, 6.45) is -5.08. The lowest BCUT2D eigenvalue weighted by Crippen LogP contribution is -2.56. The second-order valence-electron chi connectivity index (χ2n) is 8.54. The van der Waals surface area contributed by atoms with Crippen molar-refractivity contribution in [2.24, 2.45) is 11.8 Å². The molecule has 0 radical (unpaired) electrons. The first-order valence-corrected chi connectivity index (χ1v) is 10.4. The quantitative estimate of drug-likeness (QED) is 0.458. The minimum atomic E-state index is -5.08. The van der Waals surface area contributed by atoms with Crippen molar-refractivity contribution in [3.05, 3.63) is 35.4 Å². The fraction of sp³-hybridized carbons (Fsp3) is 0.500. The number of fused-ring (bicyclic) bond motifs is 1. The molecule has 4 atom stereocenters. The van der Waals surface area contributed by atoms with Gasteiger partial charge in [0.05, 0.1) is 18.9 Å². The van der Waals surface area contributed by atoms with Gasteiger partial charge < -0.3 is 14.7 Å². The highest BCUT2D eigenvalue weighted by Gasteiger charge is 2.66. The molecule has 0 aliphatic carbocycles. The average molecular weight is 501 g/mol. The molecule has 10 nitrogen and oxygen atoms in total. The predicted octanol–water partition coefficient (Wildman–Crippen LogP) is 0.835. The Morgan fingerprint density at radius 2 is 1.69 bits per heavy atom. The van der Waals surface area contributed by atoms with Crippen LogP contribution in [0.25, 0.3) is 0 Å². The molecular formula is C22H26F3N3O7. The molecular weight excluding hydrogens is 475 g/mol. The summed E-state index contributed by atoms with van der Waals surface area (Å²) in [5.74, 6) is -5.90. The van der Waals surface area contributed by atoms with Crippen LogP contribution in [0.1, 0.15) is 22.8 Å². The van der Waals surface area contributed by atoms with Gasteiger partial charge >= 0.3 is 18.1 Å². The molecule has 3 amide bonds. The van der Waals surface area contributed by atoms with Gasteiger partial charge in [-0.2, -0.15) is 13.2 Å². The van der Waals surface area contributed by atoms with Crippen molar-refractivity contribution in [3.63, 3.8) is 0 Å². The number of hydrogen-bond donors (Lipinski definition) is 2. The highest BCUT2D eigenvalue weighted by Crippen LogP contribution is 2.43. The maximum Gasteiger partial charge on any atom is 0.490 e. The van der Waals surface area contributed by atoms with E-state index in [0.29, 0.717) is 5.56 Å². The number of aliphatic carboxylic acids is 1. The number of imide groups is 1. The molecule has 2 saturated heterocycles. The summed E-state index contributed by atoms with van der Waals surface area (Å²) in [6.45, 7) is 3.68. The number of carbonyl (C=O) groups excluding carboxylic acids is 4. The van der Waals surface area contributed by atoms with Crippen molar-refractivity contribution in [2.75, 3.05) is 27.7 Å². The number of hydrogen-bond acceptors (Lipinski definition) is 7. The number of rotatable bonds is 4. The largest absolute Gasteiger partial charge is 0.490 e. The van der Waals surface area contributed by atoms with E-state index in [2.05, 4.69) is 5.32 Å². The van der Waals surface area contributed by atoms with Crippen LogP contribution in [0.15, 0.2) is 24.3 Å². The minimum Gasteiger partial charge on any atom is -0.475 e. The fourth-order valence-electron chi connectivity index (χ4n) is 4.26. The Kier molecular flexibility index (Phi) is 7.95.